The molecule has 0 N–H and O–H groups in total. The number of hydrogen-bond donors (Lipinski definition) is 0. The minimum Gasteiger partial charge on any atom is -0.493 e. The second-order valence-electron chi connectivity index (χ2n) is 3.83. The molecular formula is C11H12ClF3O6S. The largest absolute Gasteiger partial charge is 0.534 e. The van der Waals surface area contributed by atoms with Crippen LogP contribution in [0.3, 0.4) is 0 Å². The summed E-state index contributed by atoms with van der Waals surface area (Å²) in [4.78, 5) is 0. The van der Waals surface area contributed by atoms with Crippen LogP contribution in [0.15, 0.2) is 6.07 Å². The third kappa shape index (κ3) is 3.68. The molecule has 0 heterocycles. The van der Waals surface area contributed by atoms with Crippen molar-refractivity contribution < 1.29 is 40.0 Å². The van der Waals surface area contributed by atoms with E-state index in [4.69, 9.17) is 25.8 Å². The van der Waals surface area contributed by atoms with Crippen molar-refractivity contribution in [2.45, 2.75) is 12.1 Å². The van der Waals surface area contributed by atoms with Gasteiger partial charge in [-0.15, -0.1) is 0 Å². The third-order valence-corrected chi connectivity index (χ3v) is 3.78. The normalized spacial score (nSPS) is 12.1. The fourth-order valence-corrected chi connectivity index (χ4v) is 2.22. The minimum absolute atomic E-state index is 0.00213. The molecule has 0 atom stereocenters. The van der Waals surface area contributed by atoms with E-state index in [1.165, 1.54) is 13.2 Å². The highest BCUT2D eigenvalue weighted by Gasteiger charge is 2.49. The Labute approximate surface area is 129 Å². The van der Waals surface area contributed by atoms with Gasteiger partial charge in [0, 0.05) is 12.7 Å². The fraction of sp³-hybridized carbons (Fsp3) is 0.455. The van der Waals surface area contributed by atoms with Crippen LogP contribution < -0.4 is 13.7 Å². The smallest absolute Gasteiger partial charge is 0.493 e. The molecule has 1 rings (SSSR count). The molecule has 6 nitrogen and oxygen atoms in total. The van der Waals surface area contributed by atoms with E-state index >= 15 is 0 Å². The van der Waals surface area contributed by atoms with E-state index in [9.17, 15) is 21.6 Å². The van der Waals surface area contributed by atoms with Gasteiger partial charge in [-0.05, 0) is 6.07 Å². The second kappa shape index (κ2) is 6.80. The molecule has 0 aromatic heterocycles. The van der Waals surface area contributed by atoms with E-state index in [1.54, 1.807) is 0 Å². The maximum Gasteiger partial charge on any atom is 0.534 e. The predicted molar refractivity (Wildman–Crippen MR) is 70.9 cm³/mol. The van der Waals surface area contributed by atoms with Gasteiger partial charge in [-0.3, -0.25) is 0 Å². The first-order chi connectivity index (χ1) is 10.1. The van der Waals surface area contributed by atoms with E-state index in [-0.39, 0.29) is 17.4 Å². The molecule has 0 spiro atoms. The van der Waals surface area contributed by atoms with Crippen LogP contribution in [0.4, 0.5) is 13.2 Å². The molecule has 0 aliphatic carbocycles. The van der Waals surface area contributed by atoms with Crippen LogP contribution in [0, 0.1) is 0 Å². The molecule has 1 aromatic rings. The highest BCUT2D eigenvalue weighted by molar-refractivity contribution is 7.88. The van der Waals surface area contributed by atoms with Gasteiger partial charge in [0.15, 0.2) is 11.5 Å². The van der Waals surface area contributed by atoms with Gasteiger partial charge < -0.3 is 18.4 Å². The number of alkyl halides is 3. The van der Waals surface area contributed by atoms with Crippen LogP contribution in [-0.4, -0.2) is 35.3 Å². The van der Waals surface area contributed by atoms with Crippen molar-refractivity contribution in [2.24, 2.45) is 0 Å². The minimum atomic E-state index is -5.91. The molecule has 0 radical (unpaired) electrons. The lowest BCUT2D eigenvalue weighted by Crippen LogP contribution is -2.28. The number of hydrogen-bond acceptors (Lipinski definition) is 6. The summed E-state index contributed by atoms with van der Waals surface area (Å²) in [6, 6.07) is 1.19. The Bertz CT molecular complexity index is 644. The summed E-state index contributed by atoms with van der Waals surface area (Å²) in [5, 5.41) is -0.155. The van der Waals surface area contributed by atoms with E-state index in [0.29, 0.717) is 5.56 Å². The molecule has 1 aromatic carbocycles. The van der Waals surface area contributed by atoms with Crippen LogP contribution in [0.5, 0.6) is 17.2 Å². The molecule has 0 amide bonds. The number of halogens is 4. The maximum atomic E-state index is 12.4. The zero-order valence-corrected chi connectivity index (χ0v) is 13.2. The average molecular weight is 365 g/mol. The summed E-state index contributed by atoms with van der Waals surface area (Å²) in [6.07, 6.45) is 0. The molecule has 11 heteroatoms. The van der Waals surface area contributed by atoms with Crippen LogP contribution in [0.1, 0.15) is 5.56 Å². The maximum absolute atomic E-state index is 12.4. The number of benzene rings is 1. The molecule has 22 heavy (non-hydrogen) atoms. The molecule has 0 unspecified atom stereocenters. The van der Waals surface area contributed by atoms with Gasteiger partial charge in [-0.2, -0.15) is 21.6 Å². The molecule has 0 fully saturated rings. The number of rotatable bonds is 6. The van der Waals surface area contributed by atoms with Crippen LogP contribution in [0.25, 0.3) is 0 Å². The summed E-state index contributed by atoms with van der Waals surface area (Å²) in [5.41, 5.74) is -5.30. The Kier molecular flexibility index (Phi) is 5.76. The van der Waals surface area contributed by atoms with E-state index in [1.807, 2.05) is 0 Å². The molecule has 0 bridgehead atoms. The van der Waals surface area contributed by atoms with Gasteiger partial charge >= 0.3 is 15.6 Å². The standard InChI is InChI=1S/C11H12ClF3O6S/c1-18-5-6-4-7(19-2)9(10(20-3)8(6)12)21-22(16,17)11(13,14)15/h4H,5H2,1-3H3. The fourth-order valence-electron chi connectivity index (χ4n) is 1.47. The van der Waals surface area contributed by atoms with Crippen molar-refractivity contribution >= 4 is 21.7 Å². The van der Waals surface area contributed by atoms with Crippen molar-refractivity contribution in [3.8, 4) is 17.2 Å². The summed E-state index contributed by atoms with van der Waals surface area (Å²) in [5.74, 6) is -1.52. The first-order valence-corrected chi connectivity index (χ1v) is 7.30. The van der Waals surface area contributed by atoms with Crippen molar-refractivity contribution in [2.75, 3.05) is 21.3 Å². The first-order valence-electron chi connectivity index (χ1n) is 5.52. The van der Waals surface area contributed by atoms with Gasteiger partial charge in [0.1, 0.15) is 0 Å². The van der Waals surface area contributed by atoms with Crippen molar-refractivity contribution in [3.63, 3.8) is 0 Å². The lowest BCUT2D eigenvalue weighted by Gasteiger charge is -2.18. The SMILES string of the molecule is COCc1cc(OC)c(OS(=O)(=O)C(F)(F)F)c(OC)c1Cl. The lowest BCUT2D eigenvalue weighted by atomic mass is 10.2. The van der Waals surface area contributed by atoms with Gasteiger partial charge in [-0.1, -0.05) is 11.6 Å². The Morgan fingerprint density at radius 3 is 2.14 bits per heavy atom. The average Bonchev–Trinajstić information content (AvgIpc) is 2.40. The zero-order chi connectivity index (χ0) is 17.1. The van der Waals surface area contributed by atoms with Crippen molar-refractivity contribution in [1.82, 2.24) is 0 Å². The first kappa shape index (κ1) is 18.7. The highest BCUT2D eigenvalue weighted by Crippen LogP contribution is 2.46. The number of methoxy groups -OCH3 is 3. The second-order valence-corrected chi connectivity index (χ2v) is 5.75. The molecule has 0 saturated carbocycles. The summed E-state index contributed by atoms with van der Waals surface area (Å²) in [6.45, 7) is -0.00213. The van der Waals surface area contributed by atoms with E-state index < -0.39 is 27.1 Å². The summed E-state index contributed by atoms with van der Waals surface area (Å²) >= 11 is 5.95. The third-order valence-electron chi connectivity index (χ3n) is 2.42. The molecule has 0 saturated heterocycles. The van der Waals surface area contributed by atoms with Gasteiger partial charge in [0.25, 0.3) is 0 Å². The van der Waals surface area contributed by atoms with Gasteiger partial charge in [0.2, 0.25) is 5.75 Å². The van der Waals surface area contributed by atoms with E-state index in [2.05, 4.69) is 4.18 Å². The Hall–Kier alpha value is -1.39. The highest BCUT2D eigenvalue weighted by atomic mass is 35.5. The Morgan fingerprint density at radius 1 is 1.14 bits per heavy atom. The Morgan fingerprint density at radius 2 is 1.73 bits per heavy atom. The topological polar surface area (TPSA) is 71.1 Å². The predicted octanol–water partition coefficient (Wildman–Crippen LogP) is 2.73. The van der Waals surface area contributed by atoms with Crippen LogP contribution >= 0.6 is 11.6 Å². The summed E-state index contributed by atoms with van der Waals surface area (Å²) in [7, 11) is -2.33. The van der Waals surface area contributed by atoms with Gasteiger partial charge in [0.05, 0.1) is 25.8 Å². The Balaban J connectivity index is 3.50. The van der Waals surface area contributed by atoms with Crippen LogP contribution in [0.2, 0.25) is 5.02 Å². The zero-order valence-electron chi connectivity index (χ0n) is 11.7. The molecular weight excluding hydrogens is 353 g/mol. The molecule has 126 valence electrons. The molecule has 0 aliphatic heterocycles. The quantitative estimate of drug-likeness (QED) is 0.571. The van der Waals surface area contributed by atoms with E-state index in [0.717, 1.165) is 14.2 Å². The van der Waals surface area contributed by atoms with Gasteiger partial charge in [-0.25, -0.2) is 0 Å². The lowest BCUT2D eigenvalue weighted by molar-refractivity contribution is -0.0501. The monoisotopic (exact) mass is 364 g/mol. The van der Waals surface area contributed by atoms with Crippen molar-refractivity contribution in [3.05, 3.63) is 16.7 Å². The summed E-state index contributed by atoms with van der Waals surface area (Å²) < 4.78 is 78.3. The van der Waals surface area contributed by atoms with Crippen molar-refractivity contribution in [1.29, 1.82) is 0 Å². The van der Waals surface area contributed by atoms with Crippen LogP contribution in [-0.2, 0) is 21.5 Å². The molecule has 0 aliphatic rings. The number of ether oxygens (including phenoxy) is 3.